The van der Waals surface area contributed by atoms with Crippen molar-refractivity contribution in [1.82, 2.24) is 0 Å². The molecule has 1 unspecified atom stereocenters. The SMILES string of the molecule is CC(C)(C)C(Br)I. The highest BCUT2D eigenvalue weighted by Crippen LogP contribution is 2.30. The van der Waals surface area contributed by atoms with Crippen molar-refractivity contribution in [3.63, 3.8) is 0 Å². The van der Waals surface area contributed by atoms with E-state index >= 15 is 0 Å². The van der Waals surface area contributed by atoms with Gasteiger partial charge < -0.3 is 0 Å². The molecular formula is C5H10BrI. The van der Waals surface area contributed by atoms with E-state index in [1.54, 1.807) is 0 Å². The van der Waals surface area contributed by atoms with Crippen LogP contribution in [0.5, 0.6) is 0 Å². The first-order chi connectivity index (χ1) is 2.94. The molecule has 0 aromatic rings. The van der Waals surface area contributed by atoms with Gasteiger partial charge in [0, 0.05) is 0 Å². The molecule has 0 aliphatic carbocycles. The summed E-state index contributed by atoms with van der Waals surface area (Å²) in [7, 11) is 0. The van der Waals surface area contributed by atoms with Gasteiger partial charge in [0.05, 0.1) is 2.83 Å². The molecule has 0 radical (unpaired) electrons. The fraction of sp³-hybridized carbons (Fsp3) is 1.00. The van der Waals surface area contributed by atoms with Crippen molar-refractivity contribution in [1.29, 1.82) is 0 Å². The van der Waals surface area contributed by atoms with E-state index in [0.29, 0.717) is 8.25 Å². The van der Waals surface area contributed by atoms with E-state index in [4.69, 9.17) is 0 Å². The standard InChI is InChI=1S/C5H10BrI/c1-5(2,3)4(6)7/h4H,1-3H3. The molecule has 0 saturated heterocycles. The largest absolute Gasteiger partial charge is 0.0769 e. The number of alkyl halides is 2. The van der Waals surface area contributed by atoms with Gasteiger partial charge in [-0.3, -0.25) is 0 Å². The molecule has 0 N–H and O–H groups in total. The molecule has 0 heterocycles. The summed E-state index contributed by atoms with van der Waals surface area (Å²) in [6, 6.07) is 0. The predicted molar refractivity (Wildman–Crippen MR) is 46.2 cm³/mol. The van der Waals surface area contributed by atoms with Crippen molar-refractivity contribution in [2.45, 2.75) is 23.6 Å². The average Bonchev–Trinajstić information content (AvgIpc) is 1.31. The Morgan fingerprint density at radius 3 is 1.57 bits per heavy atom. The molecule has 0 bridgehead atoms. The summed E-state index contributed by atoms with van der Waals surface area (Å²) in [5, 5.41) is 0. The van der Waals surface area contributed by atoms with Crippen molar-refractivity contribution in [2.75, 3.05) is 0 Å². The summed E-state index contributed by atoms with van der Waals surface area (Å²) in [6.45, 7) is 6.62. The Morgan fingerprint density at radius 2 is 1.57 bits per heavy atom. The zero-order valence-electron chi connectivity index (χ0n) is 4.83. The first kappa shape index (κ1) is 8.21. The molecule has 0 saturated carbocycles. The molecule has 0 fully saturated rings. The van der Waals surface area contributed by atoms with E-state index in [1.165, 1.54) is 0 Å². The van der Waals surface area contributed by atoms with E-state index < -0.39 is 0 Å². The summed E-state index contributed by atoms with van der Waals surface area (Å²) in [5.41, 5.74) is 0.403. The molecule has 0 amide bonds. The summed E-state index contributed by atoms with van der Waals surface area (Å²) in [5.74, 6) is 0. The van der Waals surface area contributed by atoms with Gasteiger partial charge in [-0.25, -0.2) is 0 Å². The summed E-state index contributed by atoms with van der Waals surface area (Å²) < 4.78 is 0.581. The minimum atomic E-state index is 0.403. The van der Waals surface area contributed by atoms with Crippen LogP contribution >= 0.6 is 38.5 Å². The minimum absolute atomic E-state index is 0.403. The van der Waals surface area contributed by atoms with Crippen LogP contribution in [0.4, 0.5) is 0 Å². The summed E-state index contributed by atoms with van der Waals surface area (Å²) in [6.07, 6.45) is 0. The highest BCUT2D eigenvalue weighted by molar-refractivity contribution is 14.1. The van der Waals surface area contributed by atoms with Crippen molar-refractivity contribution in [3.05, 3.63) is 0 Å². The van der Waals surface area contributed by atoms with Gasteiger partial charge >= 0.3 is 0 Å². The maximum Gasteiger partial charge on any atom is 0.0710 e. The van der Waals surface area contributed by atoms with E-state index in [2.05, 4.69) is 59.3 Å². The highest BCUT2D eigenvalue weighted by atomic mass is 127. The van der Waals surface area contributed by atoms with Gasteiger partial charge in [-0.15, -0.1) is 0 Å². The molecule has 0 nitrogen and oxygen atoms in total. The number of halogens is 2. The van der Waals surface area contributed by atoms with Crippen LogP contribution in [-0.4, -0.2) is 2.83 Å². The number of hydrogen-bond donors (Lipinski definition) is 0. The zero-order chi connectivity index (χ0) is 6.08. The van der Waals surface area contributed by atoms with Gasteiger partial charge in [0.15, 0.2) is 0 Å². The molecular weight excluding hydrogens is 267 g/mol. The molecule has 0 aromatic heterocycles. The molecule has 0 rings (SSSR count). The molecule has 2 heteroatoms. The molecule has 44 valence electrons. The smallest absolute Gasteiger partial charge is 0.0710 e. The van der Waals surface area contributed by atoms with E-state index in [9.17, 15) is 0 Å². The van der Waals surface area contributed by atoms with Gasteiger partial charge in [-0.2, -0.15) is 0 Å². The Labute approximate surface area is 67.3 Å². The van der Waals surface area contributed by atoms with Crippen LogP contribution in [0.25, 0.3) is 0 Å². The molecule has 7 heavy (non-hydrogen) atoms. The molecule has 0 aromatic carbocycles. The number of hydrogen-bond acceptors (Lipinski definition) is 0. The van der Waals surface area contributed by atoms with Crippen molar-refractivity contribution in [2.24, 2.45) is 5.41 Å². The predicted octanol–water partition coefficient (Wildman–Crippen LogP) is 3.19. The second-order valence-corrected chi connectivity index (χ2v) is 6.54. The highest BCUT2D eigenvalue weighted by Gasteiger charge is 2.17. The third kappa shape index (κ3) is 3.76. The van der Waals surface area contributed by atoms with E-state index in [-0.39, 0.29) is 0 Å². The van der Waals surface area contributed by atoms with Gasteiger partial charge in [0.25, 0.3) is 0 Å². The lowest BCUT2D eigenvalue weighted by molar-refractivity contribution is 0.473. The lowest BCUT2D eigenvalue weighted by Crippen LogP contribution is -2.12. The third-order valence-corrected chi connectivity index (χ3v) is 3.90. The molecule has 1 atom stereocenters. The summed E-state index contributed by atoms with van der Waals surface area (Å²) in [4.78, 5) is 0. The Balaban J connectivity index is 3.54. The first-order valence-electron chi connectivity index (χ1n) is 2.23. The first-order valence-corrected chi connectivity index (χ1v) is 4.39. The molecule has 0 spiro atoms. The fourth-order valence-electron chi connectivity index (χ4n) is 0. The van der Waals surface area contributed by atoms with Gasteiger partial charge in [-0.1, -0.05) is 59.3 Å². The zero-order valence-corrected chi connectivity index (χ0v) is 8.58. The van der Waals surface area contributed by atoms with Crippen LogP contribution in [0.15, 0.2) is 0 Å². The molecule has 0 aliphatic rings. The van der Waals surface area contributed by atoms with Crippen LogP contribution in [0.3, 0.4) is 0 Å². The second kappa shape index (κ2) is 2.67. The summed E-state index contributed by atoms with van der Waals surface area (Å²) >= 11 is 5.85. The van der Waals surface area contributed by atoms with Crippen LogP contribution in [0.1, 0.15) is 20.8 Å². The second-order valence-electron chi connectivity index (χ2n) is 2.67. The van der Waals surface area contributed by atoms with Crippen LogP contribution < -0.4 is 0 Å². The van der Waals surface area contributed by atoms with Gasteiger partial charge in [-0.05, 0) is 5.41 Å². The van der Waals surface area contributed by atoms with Crippen molar-refractivity contribution in [3.8, 4) is 0 Å². The van der Waals surface area contributed by atoms with Crippen LogP contribution in [0, 0.1) is 5.41 Å². The Hall–Kier alpha value is 1.21. The van der Waals surface area contributed by atoms with Crippen molar-refractivity contribution >= 4 is 38.5 Å². The maximum atomic E-state index is 3.48. The third-order valence-electron chi connectivity index (χ3n) is 0.655. The van der Waals surface area contributed by atoms with E-state index in [1.807, 2.05) is 0 Å². The van der Waals surface area contributed by atoms with Crippen LogP contribution in [-0.2, 0) is 0 Å². The van der Waals surface area contributed by atoms with Crippen LogP contribution in [0.2, 0.25) is 0 Å². The van der Waals surface area contributed by atoms with Gasteiger partial charge in [0.1, 0.15) is 0 Å². The molecule has 0 aliphatic heterocycles. The lowest BCUT2D eigenvalue weighted by Gasteiger charge is -2.19. The number of rotatable bonds is 0. The lowest BCUT2D eigenvalue weighted by atomic mass is 10.0. The monoisotopic (exact) mass is 276 g/mol. The fourth-order valence-corrected chi connectivity index (χ4v) is 0. The Morgan fingerprint density at radius 1 is 1.43 bits per heavy atom. The maximum absolute atomic E-state index is 3.48. The normalized spacial score (nSPS) is 16.7. The average molecular weight is 277 g/mol. The Bertz CT molecular complexity index is 53.6. The Kier molecular flexibility index (Phi) is 3.13. The van der Waals surface area contributed by atoms with Crippen molar-refractivity contribution < 1.29 is 0 Å². The van der Waals surface area contributed by atoms with E-state index in [0.717, 1.165) is 0 Å². The topological polar surface area (TPSA) is 0 Å². The minimum Gasteiger partial charge on any atom is -0.0769 e. The quantitative estimate of drug-likeness (QED) is 0.471. The van der Waals surface area contributed by atoms with Gasteiger partial charge in [0.2, 0.25) is 0 Å².